The zero-order valence-corrected chi connectivity index (χ0v) is 10.6. The number of nitrogen functional groups attached to an aromatic ring is 1. The normalized spacial score (nSPS) is 11.1. The number of hydrogen-bond donors (Lipinski definition) is 1. The molecule has 0 atom stereocenters. The molecule has 1 aromatic heterocycles. The summed E-state index contributed by atoms with van der Waals surface area (Å²) >= 11 is 0. The van der Waals surface area contributed by atoms with Gasteiger partial charge in [0.25, 0.3) is 0 Å². The first-order chi connectivity index (χ1) is 8.06. The number of imidazole rings is 1. The zero-order valence-electron chi connectivity index (χ0n) is 10.6. The van der Waals surface area contributed by atoms with E-state index in [0.717, 1.165) is 17.7 Å². The Morgan fingerprint density at radius 2 is 1.88 bits per heavy atom. The molecule has 2 aromatic rings. The molecule has 0 bridgehead atoms. The summed E-state index contributed by atoms with van der Waals surface area (Å²) < 4.78 is 1.83. The highest BCUT2D eigenvalue weighted by atomic mass is 15.1. The number of rotatable bonds is 3. The lowest BCUT2D eigenvalue weighted by molar-refractivity contribution is 0.647. The number of aryl methyl sites for hydroxylation is 1. The Hall–Kier alpha value is -1.77. The molecule has 0 amide bonds. The Bertz CT molecular complexity index is 475. The topological polar surface area (TPSA) is 43.8 Å². The van der Waals surface area contributed by atoms with Crippen LogP contribution in [0.15, 0.2) is 30.5 Å². The van der Waals surface area contributed by atoms with Crippen LogP contribution in [0.5, 0.6) is 0 Å². The first-order valence-electron chi connectivity index (χ1n) is 5.94. The average Bonchev–Trinajstić information content (AvgIpc) is 2.59. The minimum Gasteiger partial charge on any atom is -0.369 e. The molecule has 2 rings (SSSR count). The van der Waals surface area contributed by atoms with Crippen LogP contribution in [0.25, 0.3) is 11.3 Å². The molecule has 3 heteroatoms. The fourth-order valence-electron chi connectivity index (χ4n) is 1.90. The Balaban J connectivity index is 2.23. The predicted molar refractivity (Wildman–Crippen MR) is 71.6 cm³/mol. The van der Waals surface area contributed by atoms with E-state index in [1.54, 1.807) is 0 Å². The molecule has 0 unspecified atom stereocenters. The largest absolute Gasteiger partial charge is 0.369 e. The molecular weight excluding hydrogens is 210 g/mol. The summed E-state index contributed by atoms with van der Waals surface area (Å²) in [6, 6.07) is 8.55. The maximum atomic E-state index is 5.73. The van der Waals surface area contributed by atoms with Crippen molar-refractivity contribution >= 4 is 5.95 Å². The lowest BCUT2D eigenvalue weighted by Gasteiger charge is -2.05. The second-order valence-corrected chi connectivity index (χ2v) is 4.89. The van der Waals surface area contributed by atoms with E-state index >= 15 is 0 Å². The van der Waals surface area contributed by atoms with Crippen molar-refractivity contribution < 1.29 is 0 Å². The van der Waals surface area contributed by atoms with Crippen molar-refractivity contribution in [3.8, 4) is 11.3 Å². The summed E-state index contributed by atoms with van der Waals surface area (Å²) in [5, 5.41) is 0. The van der Waals surface area contributed by atoms with Crippen molar-refractivity contribution in [1.82, 2.24) is 9.55 Å². The lowest BCUT2D eigenvalue weighted by atomic mass is 10.0. The van der Waals surface area contributed by atoms with Gasteiger partial charge in [-0.25, -0.2) is 4.98 Å². The predicted octanol–water partition coefficient (Wildman–Crippen LogP) is 2.87. The van der Waals surface area contributed by atoms with Gasteiger partial charge in [-0.15, -0.1) is 0 Å². The highest BCUT2D eigenvalue weighted by Gasteiger charge is 2.05. The van der Waals surface area contributed by atoms with Gasteiger partial charge in [0.1, 0.15) is 0 Å². The molecule has 17 heavy (non-hydrogen) atoms. The second kappa shape index (κ2) is 4.62. The van der Waals surface area contributed by atoms with Gasteiger partial charge >= 0.3 is 0 Å². The number of hydrogen-bond acceptors (Lipinski definition) is 2. The molecule has 0 aliphatic rings. The average molecular weight is 229 g/mol. The van der Waals surface area contributed by atoms with E-state index in [-0.39, 0.29) is 0 Å². The van der Waals surface area contributed by atoms with Crippen molar-refractivity contribution in [2.75, 3.05) is 5.73 Å². The van der Waals surface area contributed by atoms with Crippen molar-refractivity contribution in [2.45, 2.75) is 20.3 Å². The van der Waals surface area contributed by atoms with Crippen LogP contribution < -0.4 is 5.73 Å². The molecule has 0 aliphatic carbocycles. The standard InChI is InChI=1S/C14H19N3/c1-10(2)8-11-4-6-12(7-5-11)13-9-17(3)14(15)16-13/h4-7,9-10H,8H2,1-3H3,(H2,15,16). The fraction of sp³-hybridized carbons (Fsp3) is 0.357. The molecular formula is C14H19N3. The van der Waals surface area contributed by atoms with E-state index in [2.05, 4.69) is 43.1 Å². The van der Waals surface area contributed by atoms with Crippen LogP contribution in [-0.2, 0) is 13.5 Å². The highest BCUT2D eigenvalue weighted by Crippen LogP contribution is 2.20. The van der Waals surface area contributed by atoms with Crippen LogP contribution in [0.2, 0.25) is 0 Å². The van der Waals surface area contributed by atoms with Crippen LogP contribution in [0.4, 0.5) is 5.95 Å². The fourth-order valence-corrected chi connectivity index (χ4v) is 1.90. The molecule has 0 fully saturated rings. The summed E-state index contributed by atoms with van der Waals surface area (Å²) in [4.78, 5) is 4.31. The Kier molecular flexibility index (Phi) is 3.18. The third-order valence-corrected chi connectivity index (χ3v) is 2.81. The van der Waals surface area contributed by atoms with Crippen LogP contribution in [0, 0.1) is 5.92 Å². The van der Waals surface area contributed by atoms with Crippen molar-refractivity contribution in [3.05, 3.63) is 36.0 Å². The monoisotopic (exact) mass is 229 g/mol. The van der Waals surface area contributed by atoms with Crippen molar-refractivity contribution in [1.29, 1.82) is 0 Å². The molecule has 0 spiro atoms. The summed E-state index contributed by atoms with van der Waals surface area (Å²) in [5.74, 6) is 1.23. The first-order valence-corrected chi connectivity index (χ1v) is 5.94. The van der Waals surface area contributed by atoms with Crippen LogP contribution >= 0.6 is 0 Å². The summed E-state index contributed by atoms with van der Waals surface area (Å²) in [6.45, 7) is 4.46. The molecule has 0 saturated carbocycles. The first kappa shape index (κ1) is 11.7. The Morgan fingerprint density at radius 3 is 2.35 bits per heavy atom. The molecule has 0 saturated heterocycles. The van der Waals surface area contributed by atoms with Gasteiger partial charge in [0, 0.05) is 18.8 Å². The van der Waals surface area contributed by atoms with E-state index in [1.165, 1.54) is 5.56 Å². The minimum absolute atomic E-state index is 0.547. The van der Waals surface area contributed by atoms with Crippen molar-refractivity contribution in [3.63, 3.8) is 0 Å². The van der Waals surface area contributed by atoms with E-state index in [0.29, 0.717) is 11.9 Å². The third-order valence-electron chi connectivity index (χ3n) is 2.81. The maximum absolute atomic E-state index is 5.73. The molecule has 1 aromatic carbocycles. The van der Waals surface area contributed by atoms with Crippen LogP contribution in [-0.4, -0.2) is 9.55 Å². The number of nitrogens with two attached hydrogens (primary N) is 1. The molecule has 0 radical (unpaired) electrons. The lowest BCUT2D eigenvalue weighted by Crippen LogP contribution is -1.94. The van der Waals surface area contributed by atoms with Crippen molar-refractivity contribution in [2.24, 2.45) is 13.0 Å². The second-order valence-electron chi connectivity index (χ2n) is 4.89. The SMILES string of the molecule is CC(C)Cc1ccc(-c2cn(C)c(N)n2)cc1. The molecule has 2 N–H and O–H groups in total. The molecule has 90 valence electrons. The smallest absolute Gasteiger partial charge is 0.200 e. The molecule has 0 aliphatic heterocycles. The zero-order chi connectivity index (χ0) is 12.4. The summed E-state index contributed by atoms with van der Waals surface area (Å²) in [7, 11) is 1.90. The van der Waals surface area contributed by atoms with E-state index in [4.69, 9.17) is 5.73 Å². The van der Waals surface area contributed by atoms with Crippen LogP contribution in [0.3, 0.4) is 0 Å². The van der Waals surface area contributed by atoms with Gasteiger partial charge in [0.15, 0.2) is 5.95 Å². The van der Waals surface area contributed by atoms with E-state index in [1.807, 2.05) is 17.8 Å². The minimum atomic E-state index is 0.547. The Labute approximate surface area is 102 Å². The van der Waals surface area contributed by atoms with Gasteiger partial charge in [-0.1, -0.05) is 38.1 Å². The van der Waals surface area contributed by atoms with Crippen LogP contribution in [0.1, 0.15) is 19.4 Å². The number of nitrogens with zero attached hydrogens (tertiary/aromatic N) is 2. The highest BCUT2D eigenvalue weighted by molar-refractivity contribution is 5.60. The quantitative estimate of drug-likeness (QED) is 0.879. The van der Waals surface area contributed by atoms with Gasteiger partial charge in [-0.3, -0.25) is 0 Å². The summed E-state index contributed by atoms with van der Waals surface area (Å²) in [6.07, 6.45) is 3.07. The molecule has 3 nitrogen and oxygen atoms in total. The van der Waals surface area contributed by atoms with Gasteiger partial charge in [-0.2, -0.15) is 0 Å². The number of aromatic nitrogens is 2. The number of anilines is 1. The van der Waals surface area contributed by atoms with E-state index in [9.17, 15) is 0 Å². The van der Waals surface area contributed by atoms with Gasteiger partial charge in [-0.05, 0) is 17.9 Å². The Morgan fingerprint density at radius 1 is 1.24 bits per heavy atom. The number of benzene rings is 1. The maximum Gasteiger partial charge on any atom is 0.200 e. The van der Waals surface area contributed by atoms with Gasteiger partial charge < -0.3 is 10.3 Å². The molecule has 1 heterocycles. The van der Waals surface area contributed by atoms with Gasteiger partial charge in [0.05, 0.1) is 5.69 Å². The van der Waals surface area contributed by atoms with E-state index < -0.39 is 0 Å². The van der Waals surface area contributed by atoms with Gasteiger partial charge in [0.2, 0.25) is 0 Å². The summed E-state index contributed by atoms with van der Waals surface area (Å²) in [5.41, 5.74) is 9.14. The third kappa shape index (κ3) is 2.67.